The molecular formula is C14H18N4O2. The number of morpholine rings is 1. The number of ether oxygens (including phenoxy) is 1. The minimum atomic E-state index is -0.129. The molecule has 0 saturated carbocycles. The minimum Gasteiger partial charge on any atom is -0.372 e. The van der Waals surface area contributed by atoms with E-state index in [-0.39, 0.29) is 18.2 Å². The van der Waals surface area contributed by atoms with Crippen LogP contribution in [0.1, 0.15) is 13.8 Å². The molecule has 106 valence electrons. The number of amides is 2. The monoisotopic (exact) mass is 274 g/mol. The number of carbonyl (C=O) groups excluding carboxylic acids is 1. The lowest BCUT2D eigenvalue weighted by Gasteiger charge is -2.35. The first-order chi connectivity index (χ1) is 9.63. The number of para-hydroxylation sites is 2. The Bertz CT molecular complexity index is 614. The molecule has 1 aromatic carbocycles. The van der Waals surface area contributed by atoms with Crippen LogP contribution in [0.15, 0.2) is 30.6 Å². The third-order valence-corrected chi connectivity index (χ3v) is 3.38. The second kappa shape index (κ2) is 5.13. The van der Waals surface area contributed by atoms with E-state index in [1.54, 1.807) is 15.9 Å². The Hall–Kier alpha value is -2.08. The van der Waals surface area contributed by atoms with E-state index in [9.17, 15) is 4.79 Å². The molecule has 1 aliphatic rings. The number of aromatic nitrogens is 2. The molecule has 6 nitrogen and oxygen atoms in total. The molecule has 0 aliphatic carbocycles. The number of rotatable bonds is 1. The smallest absolute Gasteiger partial charge is 0.336 e. The van der Waals surface area contributed by atoms with Crippen molar-refractivity contribution < 1.29 is 9.53 Å². The van der Waals surface area contributed by atoms with E-state index in [4.69, 9.17) is 4.74 Å². The molecule has 0 bridgehead atoms. The first kappa shape index (κ1) is 12.9. The van der Waals surface area contributed by atoms with Crippen molar-refractivity contribution in [3.63, 3.8) is 0 Å². The molecule has 2 aromatic rings. The van der Waals surface area contributed by atoms with Crippen molar-refractivity contribution in [3.8, 4) is 0 Å². The summed E-state index contributed by atoms with van der Waals surface area (Å²) in [6, 6.07) is 7.55. The molecule has 1 N–H and O–H groups in total. The number of carbonyl (C=O) groups is 1. The number of urea groups is 1. The molecule has 1 aromatic heterocycles. The molecule has 2 unspecified atom stereocenters. The van der Waals surface area contributed by atoms with Crippen molar-refractivity contribution in [2.24, 2.45) is 0 Å². The van der Waals surface area contributed by atoms with Gasteiger partial charge in [-0.05, 0) is 26.0 Å². The molecule has 2 amide bonds. The lowest BCUT2D eigenvalue weighted by atomic mass is 10.2. The zero-order valence-electron chi connectivity index (χ0n) is 11.6. The number of hydrogen-bond donors (Lipinski definition) is 1. The van der Waals surface area contributed by atoms with Crippen molar-refractivity contribution in [2.45, 2.75) is 26.1 Å². The molecule has 1 saturated heterocycles. The first-order valence-electron chi connectivity index (χ1n) is 6.77. The van der Waals surface area contributed by atoms with Gasteiger partial charge in [0.25, 0.3) is 0 Å². The van der Waals surface area contributed by atoms with Crippen molar-refractivity contribution in [3.05, 3.63) is 30.6 Å². The molecule has 1 fully saturated rings. The third-order valence-electron chi connectivity index (χ3n) is 3.38. The van der Waals surface area contributed by atoms with Crippen molar-refractivity contribution in [1.29, 1.82) is 0 Å². The van der Waals surface area contributed by atoms with Crippen molar-refractivity contribution in [1.82, 2.24) is 14.6 Å². The highest BCUT2D eigenvalue weighted by atomic mass is 16.5. The molecule has 0 spiro atoms. The molecule has 1 aliphatic heterocycles. The van der Waals surface area contributed by atoms with Gasteiger partial charge in [0, 0.05) is 13.1 Å². The fraction of sp³-hybridized carbons (Fsp3) is 0.429. The van der Waals surface area contributed by atoms with E-state index in [1.807, 2.05) is 38.1 Å². The predicted octanol–water partition coefficient (Wildman–Crippen LogP) is 1.81. The highest BCUT2D eigenvalue weighted by Gasteiger charge is 2.26. The summed E-state index contributed by atoms with van der Waals surface area (Å²) < 4.78 is 7.29. The van der Waals surface area contributed by atoms with Gasteiger partial charge in [0.15, 0.2) is 0 Å². The fourth-order valence-corrected chi connectivity index (χ4v) is 2.57. The maximum Gasteiger partial charge on any atom is 0.336 e. The Balaban J connectivity index is 1.75. The van der Waals surface area contributed by atoms with Crippen LogP contribution in [0.2, 0.25) is 0 Å². The Morgan fingerprint density at radius 3 is 2.75 bits per heavy atom. The summed E-state index contributed by atoms with van der Waals surface area (Å²) in [4.78, 5) is 18.3. The van der Waals surface area contributed by atoms with Crippen LogP contribution in [0.3, 0.4) is 0 Å². The molecule has 0 radical (unpaired) electrons. The van der Waals surface area contributed by atoms with Gasteiger partial charge in [-0.25, -0.2) is 19.9 Å². The number of fused-ring (bicyclic) bond motifs is 1. The normalized spacial score (nSPS) is 23.0. The molecular weight excluding hydrogens is 256 g/mol. The largest absolute Gasteiger partial charge is 0.372 e. The Morgan fingerprint density at radius 1 is 1.30 bits per heavy atom. The number of nitrogens with zero attached hydrogens (tertiary/aromatic N) is 3. The number of nitrogens with one attached hydrogen (secondary N) is 1. The van der Waals surface area contributed by atoms with Gasteiger partial charge in [-0.15, -0.1) is 0 Å². The minimum absolute atomic E-state index is 0.0593. The molecule has 20 heavy (non-hydrogen) atoms. The Morgan fingerprint density at radius 2 is 2.00 bits per heavy atom. The van der Waals surface area contributed by atoms with Crippen LogP contribution in [0, 0.1) is 0 Å². The second-order valence-corrected chi connectivity index (χ2v) is 5.18. The van der Waals surface area contributed by atoms with E-state index in [2.05, 4.69) is 10.4 Å². The van der Waals surface area contributed by atoms with Gasteiger partial charge in [0.1, 0.15) is 6.33 Å². The average Bonchev–Trinajstić information content (AvgIpc) is 2.81. The van der Waals surface area contributed by atoms with Gasteiger partial charge >= 0.3 is 6.03 Å². The van der Waals surface area contributed by atoms with Crippen molar-refractivity contribution in [2.75, 3.05) is 18.5 Å². The van der Waals surface area contributed by atoms with Crippen LogP contribution in [0.25, 0.3) is 11.0 Å². The van der Waals surface area contributed by atoms with Crippen LogP contribution in [-0.2, 0) is 4.74 Å². The third kappa shape index (κ3) is 2.46. The average molecular weight is 274 g/mol. The predicted molar refractivity (Wildman–Crippen MR) is 76.1 cm³/mol. The van der Waals surface area contributed by atoms with E-state index in [1.165, 1.54) is 0 Å². The quantitative estimate of drug-likeness (QED) is 0.862. The highest BCUT2D eigenvalue weighted by Crippen LogP contribution is 2.13. The highest BCUT2D eigenvalue weighted by molar-refractivity contribution is 5.85. The maximum atomic E-state index is 12.3. The van der Waals surface area contributed by atoms with Gasteiger partial charge in [-0.3, -0.25) is 0 Å². The summed E-state index contributed by atoms with van der Waals surface area (Å²) in [5, 5.41) is 0. The van der Waals surface area contributed by atoms with Crippen molar-refractivity contribution >= 4 is 17.1 Å². The Labute approximate surface area is 117 Å². The molecule has 2 heterocycles. The van der Waals surface area contributed by atoms with Gasteiger partial charge < -0.3 is 9.64 Å². The van der Waals surface area contributed by atoms with Gasteiger partial charge in [0.05, 0.1) is 23.2 Å². The summed E-state index contributed by atoms with van der Waals surface area (Å²) in [5.41, 5.74) is 4.60. The van der Waals surface area contributed by atoms with Gasteiger partial charge in [0.2, 0.25) is 0 Å². The number of imidazole rings is 1. The zero-order valence-corrected chi connectivity index (χ0v) is 11.6. The van der Waals surface area contributed by atoms with Gasteiger partial charge in [-0.1, -0.05) is 12.1 Å². The SMILES string of the molecule is CC1CN(C(=O)Nn2cnc3ccccc32)CC(C)O1. The number of benzene rings is 1. The summed E-state index contributed by atoms with van der Waals surface area (Å²) in [7, 11) is 0. The maximum absolute atomic E-state index is 12.3. The lowest BCUT2D eigenvalue weighted by molar-refractivity contribution is -0.0532. The molecule has 6 heteroatoms. The summed E-state index contributed by atoms with van der Waals surface area (Å²) >= 11 is 0. The topological polar surface area (TPSA) is 59.4 Å². The zero-order chi connectivity index (χ0) is 14.1. The van der Waals surface area contributed by atoms with E-state index in [0.29, 0.717) is 13.1 Å². The molecule has 2 atom stereocenters. The first-order valence-corrected chi connectivity index (χ1v) is 6.77. The number of hydrogen-bond acceptors (Lipinski definition) is 3. The van der Waals surface area contributed by atoms with Gasteiger partial charge in [-0.2, -0.15) is 0 Å². The second-order valence-electron chi connectivity index (χ2n) is 5.18. The van der Waals surface area contributed by atoms with Crippen LogP contribution in [0.5, 0.6) is 0 Å². The van der Waals surface area contributed by atoms with E-state index >= 15 is 0 Å². The fourth-order valence-electron chi connectivity index (χ4n) is 2.57. The van der Waals surface area contributed by atoms with Crippen LogP contribution in [-0.4, -0.2) is 45.9 Å². The summed E-state index contributed by atoms with van der Waals surface area (Å²) in [6.07, 6.45) is 1.74. The van der Waals surface area contributed by atoms with Crippen LogP contribution < -0.4 is 5.43 Å². The standard InChI is InChI=1S/C14H18N4O2/c1-10-7-17(8-11(2)20-10)14(19)16-18-9-15-12-5-3-4-6-13(12)18/h3-6,9-11H,7-8H2,1-2H3,(H,16,19). The molecule has 3 rings (SSSR count). The lowest BCUT2D eigenvalue weighted by Crippen LogP contribution is -2.50. The van der Waals surface area contributed by atoms with E-state index < -0.39 is 0 Å². The van der Waals surface area contributed by atoms with Crippen LogP contribution >= 0.6 is 0 Å². The van der Waals surface area contributed by atoms with E-state index in [0.717, 1.165) is 11.0 Å². The summed E-state index contributed by atoms with van der Waals surface area (Å²) in [6.45, 7) is 5.15. The summed E-state index contributed by atoms with van der Waals surface area (Å²) in [5.74, 6) is 0. The van der Waals surface area contributed by atoms with Crippen LogP contribution in [0.4, 0.5) is 4.79 Å². The Kier molecular flexibility index (Phi) is 3.31.